The highest BCUT2D eigenvalue weighted by atomic mass is 14.2. The number of aryl methyl sites for hydroxylation is 1. The number of fused-ring (bicyclic) bond motifs is 2. The third kappa shape index (κ3) is 1.54. The zero-order valence-electron chi connectivity index (χ0n) is 9.16. The molecule has 1 aliphatic rings. The van der Waals surface area contributed by atoms with E-state index in [9.17, 15) is 0 Å². The van der Waals surface area contributed by atoms with Crippen LogP contribution in [0.3, 0.4) is 0 Å². The summed E-state index contributed by atoms with van der Waals surface area (Å²) in [5.74, 6) is 0.860. The quantitative estimate of drug-likeness (QED) is 0.598. The van der Waals surface area contributed by atoms with Crippen molar-refractivity contribution in [2.24, 2.45) is 5.92 Å². The fraction of sp³-hybridized carbons (Fsp3) is 0.333. The van der Waals surface area contributed by atoms with Crippen LogP contribution in [0.5, 0.6) is 0 Å². The molecule has 0 heteroatoms. The van der Waals surface area contributed by atoms with Gasteiger partial charge < -0.3 is 0 Å². The molecule has 0 nitrogen and oxygen atoms in total. The van der Waals surface area contributed by atoms with Crippen molar-refractivity contribution < 1.29 is 0 Å². The van der Waals surface area contributed by atoms with Gasteiger partial charge in [0, 0.05) is 0 Å². The van der Waals surface area contributed by atoms with Gasteiger partial charge in [-0.05, 0) is 47.1 Å². The maximum absolute atomic E-state index is 2.39. The molecule has 15 heavy (non-hydrogen) atoms. The summed E-state index contributed by atoms with van der Waals surface area (Å²) in [5, 5.41) is 2.79. The molecule has 76 valence electrons. The number of rotatable bonds is 0. The van der Waals surface area contributed by atoms with Gasteiger partial charge in [0.05, 0.1) is 0 Å². The summed E-state index contributed by atoms with van der Waals surface area (Å²) in [5.41, 5.74) is 3.15. The lowest BCUT2D eigenvalue weighted by molar-refractivity contribution is 0.502. The molecule has 0 bridgehead atoms. The second-order valence-corrected chi connectivity index (χ2v) is 4.82. The van der Waals surface area contributed by atoms with Gasteiger partial charge in [-0.1, -0.05) is 43.3 Å². The van der Waals surface area contributed by atoms with Crippen LogP contribution in [0.15, 0.2) is 36.4 Å². The van der Waals surface area contributed by atoms with Gasteiger partial charge in [0.1, 0.15) is 0 Å². The molecule has 3 rings (SSSR count). The third-order valence-corrected chi connectivity index (χ3v) is 3.54. The monoisotopic (exact) mass is 196 g/mol. The molecule has 0 fully saturated rings. The van der Waals surface area contributed by atoms with Crippen molar-refractivity contribution in [1.29, 1.82) is 0 Å². The zero-order chi connectivity index (χ0) is 10.3. The van der Waals surface area contributed by atoms with E-state index in [-0.39, 0.29) is 0 Å². The van der Waals surface area contributed by atoms with Crippen LogP contribution < -0.4 is 0 Å². The Labute approximate surface area is 90.9 Å². The Balaban J connectivity index is 2.20. The lowest BCUT2D eigenvalue weighted by Gasteiger charge is -2.21. The number of benzene rings is 2. The van der Waals surface area contributed by atoms with Crippen LogP contribution in [0.25, 0.3) is 10.8 Å². The van der Waals surface area contributed by atoms with Crippen molar-refractivity contribution in [3.8, 4) is 0 Å². The van der Waals surface area contributed by atoms with Crippen LogP contribution in [0.2, 0.25) is 0 Å². The minimum Gasteiger partial charge on any atom is -0.0622 e. The predicted octanol–water partition coefficient (Wildman–Crippen LogP) is 3.96. The molecule has 0 amide bonds. The Bertz CT molecular complexity index is 496. The first-order chi connectivity index (χ1) is 7.33. The van der Waals surface area contributed by atoms with Crippen molar-refractivity contribution in [2.45, 2.75) is 26.2 Å². The Morgan fingerprint density at radius 1 is 1.00 bits per heavy atom. The minimum atomic E-state index is 0.860. The molecule has 0 radical (unpaired) electrons. The minimum absolute atomic E-state index is 0.860. The van der Waals surface area contributed by atoms with Crippen molar-refractivity contribution in [2.75, 3.05) is 0 Å². The van der Waals surface area contributed by atoms with Crippen LogP contribution in [-0.4, -0.2) is 0 Å². The molecule has 2 aromatic rings. The van der Waals surface area contributed by atoms with E-state index in [1.807, 2.05) is 0 Å². The van der Waals surface area contributed by atoms with E-state index >= 15 is 0 Å². The van der Waals surface area contributed by atoms with E-state index in [4.69, 9.17) is 0 Å². The van der Waals surface area contributed by atoms with E-state index in [2.05, 4.69) is 43.3 Å². The third-order valence-electron chi connectivity index (χ3n) is 3.54. The number of hydrogen-bond donors (Lipinski definition) is 0. The Hall–Kier alpha value is -1.30. The van der Waals surface area contributed by atoms with Gasteiger partial charge in [-0.3, -0.25) is 0 Å². The molecule has 1 aliphatic carbocycles. The van der Waals surface area contributed by atoms with Gasteiger partial charge in [0.15, 0.2) is 0 Å². The van der Waals surface area contributed by atoms with Gasteiger partial charge in [-0.15, -0.1) is 0 Å². The highest BCUT2D eigenvalue weighted by molar-refractivity contribution is 5.84. The highest BCUT2D eigenvalue weighted by Crippen LogP contribution is 2.29. The van der Waals surface area contributed by atoms with Gasteiger partial charge in [-0.2, -0.15) is 0 Å². The summed E-state index contributed by atoms with van der Waals surface area (Å²) in [6.07, 6.45) is 3.88. The summed E-state index contributed by atoms with van der Waals surface area (Å²) in [4.78, 5) is 0. The second-order valence-electron chi connectivity index (χ2n) is 4.82. The second kappa shape index (κ2) is 3.37. The SMILES string of the molecule is CC1CCc2cc3ccccc3cc2C1. The lowest BCUT2D eigenvalue weighted by Crippen LogP contribution is -2.10. The normalized spacial score (nSPS) is 20.2. The zero-order valence-corrected chi connectivity index (χ0v) is 9.16. The average Bonchev–Trinajstić information content (AvgIpc) is 2.26. The Kier molecular flexibility index (Phi) is 2.02. The topological polar surface area (TPSA) is 0 Å². The van der Waals surface area contributed by atoms with E-state index < -0.39 is 0 Å². The summed E-state index contributed by atoms with van der Waals surface area (Å²) in [6, 6.07) is 13.5. The van der Waals surface area contributed by atoms with Gasteiger partial charge >= 0.3 is 0 Å². The van der Waals surface area contributed by atoms with Crippen LogP contribution in [0.1, 0.15) is 24.5 Å². The van der Waals surface area contributed by atoms with E-state index in [1.165, 1.54) is 30.0 Å². The van der Waals surface area contributed by atoms with Gasteiger partial charge in [-0.25, -0.2) is 0 Å². The standard InChI is InChI=1S/C15H16/c1-11-6-7-14-9-12-4-2-3-5-13(12)10-15(14)8-11/h2-5,9-11H,6-8H2,1H3. The largest absolute Gasteiger partial charge is 0.0622 e. The van der Waals surface area contributed by atoms with Gasteiger partial charge in [0.25, 0.3) is 0 Å². The molecule has 1 unspecified atom stereocenters. The van der Waals surface area contributed by atoms with Crippen LogP contribution in [0, 0.1) is 5.92 Å². The van der Waals surface area contributed by atoms with Crippen LogP contribution in [0.4, 0.5) is 0 Å². The maximum Gasteiger partial charge on any atom is -0.0181 e. The summed E-state index contributed by atoms with van der Waals surface area (Å²) < 4.78 is 0. The van der Waals surface area contributed by atoms with E-state index in [0.29, 0.717) is 0 Å². The molecule has 2 aromatic carbocycles. The first-order valence-corrected chi connectivity index (χ1v) is 5.83. The fourth-order valence-electron chi connectivity index (χ4n) is 2.64. The molecule has 0 spiro atoms. The predicted molar refractivity (Wildman–Crippen MR) is 65.1 cm³/mol. The molecular formula is C15H16. The van der Waals surface area contributed by atoms with E-state index in [1.54, 1.807) is 11.1 Å². The summed E-state index contributed by atoms with van der Waals surface area (Å²) >= 11 is 0. The Morgan fingerprint density at radius 3 is 2.40 bits per heavy atom. The van der Waals surface area contributed by atoms with Gasteiger partial charge in [0.2, 0.25) is 0 Å². The van der Waals surface area contributed by atoms with Crippen LogP contribution in [-0.2, 0) is 12.8 Å². The maximum atomic E-state index is 2.39. The molecule has 1 atom stereocenters. The fourth-order valence-corrected chi connectivity index (χ4v) is 2.64. The number of hydrogen-bond acceptors (Lipinski definition) is 0. The molecule has 0 aliphatic heterocycles. The molecule has 0 heterocycles. The molecule has 0 aromatic heterocycles. The van der Waals surface area contributed by atoms with Crippen molar-refractivity contribution in [3.05, 3.63) is 47.5 Å². The molecule has 0 saturated carbocycles. The van der Waals surface area contributed by atoms with Crippen LogP contribution >= 0.6 is 0 Å². The summed E-state index contributed by atoms with van der Waals surface area (Å²) in [7, 11) is 0. The smallest absolute Gasteiger partial charge is 0.0181 e. The molecule has 0 saturated heterocycles. The van der Waals surface area contributed by atoms with Crippen molar-refractivity contribution >= 4 is 10.8 Å². The highest BCUT2D eigenvalue weighted by Gasteiger charge is 2.15. The lowest BCUT2D eigenvalue weighted by atomic mass is 9.84. The first kappa shape index (κ1) is 8.96. The molecule has 0 N–H and O–H groups in total. The van der Waals surface area contributed by atoms with E-state index in [0.717, 1.165) is 5.92 Å². The Morgan fingerprint density at radius 2 is 1.67 bits per heavy atom. The summed E-state index contributed by atoms with van der Waals surface area (Å²) in [6.45, 7) is 2.36. The van der Waals surface area contributed by atoms with Crippen molar-refractivity contribution in [3.63, 3.8) is 0 Å². The average molecular weight is 196 g/mol. The molecular weight excluding hydrogens is 180 g/mol. The first-order valence-electron chi connectivity index (χ1n) is 5.83. The van der Waals surface area contributed by atoms with Crippen molar-refractivity contribution in [1.82, 2.24) is 0 Å².